The van der Waals surface area contributed by atoms with Gasteiger partial charge in [0.25, 0.3) is 11.8 Å². The van der Waals surface area contributed by atoms with Crippen molar-refractivity contribution in [1.82, 2.24) is 9.69 Å². The van der Waals surface area contributed by atoms with Gasteiger partial charge in [-0.2, -0.15) is 4.37 Å². The number of hydrogen-bond donors (Lipinski definition) is 3. The molecule has 4 aromatic rings. The Kier molecular flexibility index (Phi) is 7.59. The van der Waals surface area contributed by atoms with Gasteiger partial charge in [-0.3, -0.25) is 19.3 Å². The molecule has 0 saturated carbocycles. The Balaban J connectivity index is 1.83. The van der Waals surface area contributed by atoms with Crippen molar-refractivity contribution in [1.29, 1.82) is 0 Å². The quantitative estimate of drug-likeness (QED) is 0.325. The summed E-state index contributed by atoms with van der Waals surface area (Å²) in [4.78, 5) is 40.7. The van der Waals surface area contributed by atoms with E-state index in [1.807, 2.05) is 43.3 Å². The van der Waals surface area contributed by atoms with E-state index in [1.54, 1.807) is 18.2 Å². The molecular formula is C27H24FN5O3S. The van der Waals surface area contributed by atoms with E-state index in [-0.39, 0.29) is 22.8 Å². The second-order valence-electron chi connectivity index (χ2n) is 8.31. The molecule has 1 heterocycles. The third kappa shape index (κ3) is 5.65. The summed E-state index contributed by atoms with van der Waals surface area (Å²) in [5.74, 6) is -2.51. The standard InChI is InChI=1S/C27H24FN5O3S/c1-16-6-5-9-20(14-16)33(27(36)24-21(29)22(25(30)34)32-37-24)23(18-10-12-19(28)13-11-18)26(35)31-15-17-7-3-2-4-8-17/h2-14,23H,15,29H2,1H3,(H2,30,34)(H,31,35)/t23-/m1/s1. The summed E-state index contributed by atoms with van der Waals surface area (Å²) >= 11 is 0.718. The largest absolute Gasteiger partial charge is 0.395 e. The number of amides is 3. The van der Waals surface area contributed by atoms with E-state index < -0.39 is 29.6 Å². The molecule has 0 spiro atoms. The number of nitrogens with one attached hydrogen (secondary N) is 1. The molecule has 3 aromatic carbocycles. The van der Waals surface area contributed by atoms with Crippen molar-refractivity contribution >= 4 is 40.6 Å². The van der Waals surface area contributed by atoms with Crippen LogP contribution in [0.3, 0.4) is 0 Å². The molecule has 37 heavy (non-hydrogen) atoms. The first-order chi connectivity index (χ1) is 17.8. The number of rotatable bonds is 8. The summed E-state index contributed by atoms with van der Waals surface area (Å²) in [6, 6.07) is 20.4. The maximum atomic E-state index is 14.0. The van der Waals surface area contributed by atoms with Gasteiger partial charge in [0.15, 0.2) is 5.69 Å². The first kappa shape index (κ1) is 25.5. The van der Waals surface area contributed by atoms with Crippen LogP contribution in [0.4, 0.5) is 15.8 Å². The molecule has 0 unspecified atom stereocenters. The second kappa shape index (κ2) is 11.0. The number of nitrogens with zero attached hydrogens (tertiary/aromatic N) is 2. The third-order valence-electron chi connectivity index (χ3n) is 5.66. The van der Waals surface area contributed by atoms with E-state index in [1.165, 1.54) is 29.2 Å². The predicted octanol–water partition coefficient (Wildman–Crippen LogP) is 3.98. The molecular weight excluding hydrogens is 493 g/mol. The van der Waals surface area contributed by atoms with Crippen molar-refractivity contribution in [3.63, 3.8) is 0 Å². The number of carbonyl (C=O) groups is 3. The highest BCUT2D eigenvalue weighted by atomic mass is 32.1. The first-order valence-corrected chi connectivity index (χ1v) is 12.1. The Labute approximate surface area is 216 Å². The van der Waals surface area contributed by atoms with Crippen molar-refractivity contribution in [3.8, 4) is 0 Å². The Hall–Kier alpha value is -4.57. The number of nitrogen functional groups attached to an aromatic ring is 1. The van der Waals surface area contributed by atoms with Crippen molar-refractivity contribution in [2.24, 2.45) is 5.73 Å². The number of benzene rings is 3. The lowest BCUT2D eigenvalue weighted by molar-refractivity contribution is -0.122. The number of carbonyl (C=O) groups excluding carboxylic acids is 3. The SMILES string of the molecule is Cc1cccc(N(C(=O)c2snc(C(N)=O)c2N)[C@@H](C(=O)NCc2ccccc2)c2ccc(F)cc2)c1. The molecule has 5 N–H and O–H groups in total. The fraction of sp³-hybridized carbons (Fsp3) is 0.111. The number of aromatic nitrogens is 1. The average Bonchev–Trinajstić information content (AvgIpc) is 3.28. The molecule has 10 heteroatoms. The fourth-order valence-electron chi connectivity index (χ4n) is 3.84. The summed E-state index contributed by atoms with van der Waals surface area (Å²) in [5.41, 5.74) is 13.5. The van der Waals surface area contributed by atoms with Crippen molar-refractivity contribution in [3.05, 3.63) is 112 Å². The van der Waals surface area contributed by atoms with Gasteiger partial charge in [-0.1, -0.05) is 54.6 Å². The number of primary amides is 1. The van der Waals surface area contributed by atoms with E-state index in [0.717, 1.165) is 22.7 Å². The molecule has 0 aliphatic carbocycles. The summed E-state index contributed by atoms with van der Waals surface area (Å²) in [6.45, 7) is 2.06. The zero-order chi connectivity index (χ0) is 26.5. The lowest BCUT2D eigenvalue weighted by atomic mass is 10.0. The van der Waals surface area contributed by atoms with Crippen LogP contribution in [0.5, 0.6) is 0 Å². The zero-order valence-corrected chi connectivity index (χ0v) is 20.7. The van der Waals surface area contributed by atoms with E-state index in [2.05, 4.69) is 9.69 Å². The van der Waals surface area contributed by atoms with Gasteiger partial charge in [-0.25, -0.2) is 4.39 Å². The average molecular weight is 518 g/mol. The van der Waals surface area contributed by atoms with Crippen molar-refractivity contribution in [2.45, 2.75) is 19.5 Å². The molecule has 0 aliphatic heterocycles. The number of aryl methyl sites for hydroxylation is 1. The maximum absolute atomic E-state index is 14.0. The van der Waals surface area contributed by atoms with Crippen LogP contribution in [0.1, 0.15) is 42.9 Å². The molecule has 1 atom stereocenters. The smallest absolute Gasteiger partial charge is 0.273 e. The Bertz CT molecular complexity index is 1440. The molecule has 0 fully saturated rings. The zero-order valence-electron chi connectivity index (χ0n) is 19.9. The molecule has 3 amide bonds. The van der Waals surface area contributed by atoms with Gasteiger partial charge in [0, 0.05) is 12.2 Å². The molecule has 0 saturated heterocycles. The lowest BCUT2D eigenvalue weighted by Gasteiger charge is -2.31. The molecule has 0 radical (unpaired) electrons. The summed E-state index contributed by atoms with van der Waals surface area (Å²) in [5, 5.41) is 2.88. The van der Waals surface area contributed by atoms with E-state index in [9.17, 15) is 18.8 Å². The molecule has 0 bridgehead atoms. The van der Waals surface area contributed by atoms with Gasteiger partial charge in [-0.05, 0) is 59.4 Å². The van der Waals surface area contributed by atoms with Crippen LogP contribution in [0, 0.1) is 12.7 Å². The van der Waals surface area contributed by atoms with Gasteiger partial charge in [0.2, 0.25) is 5.91 Å². The Morgan fingerprint density at radius 1 is 1.03 bits per heavy atom. The number of halogens is 1. The van der Waals surface area contributed by atoms with E-state index in [4.69, 9.17) is 11.5 Å². The predicted molar refractivity (Wildman–Crippen MR) is 140 cm³/mol. The lowest BCUT2D eigenvalue weighted by Crippen LogP contribution is -2.44. The minimum Gasteiger partial charge on any atom is -0.395 e. The number of nitrogens with two attached hydrogens (primary N) is 2. The molecule has 0 aliphatic rings. The number of hydrogen-bond acceptors (Lipinski definition) is 6. The second-order valence-corrected chi connectivity index (χ2v) is 9.08. The number of anilines is 2. The van der Waals surface area contributed by atoms with Crippen LogP contribution in [-0.4, -0.2) is 22.1 Å². The maximum Gasteiger partial charge on any atom is 0.273 e. The highest BCUT2D eigenvalue weighted by Gasteiger charge is 2.36. The van der Waals surface area contributed by atoms with Crippen LogP contribution in [0.2, 0.25) is 0 Å². The van der Waals surface area contributed by atoms with Crippen LogP contribution in [-0.2, 0) is 11.3 Å². The summed E-state index contributed by atoms with van der Waals surface area (Å²) < 4.78 is 17.7. The van der Waals surface area contributed by atoms with Crippen LogP contribution < -0.4 is 21.7 Å². The Morgan fingerprint density at radius 2 is 1.73 bits per heavy atom. The van der Waals surface area contributed by atoms with Crippen LogP contribution in [0.25, 0.3) is 0 Å². The minimum atomic E-state index is -1.20. The highest BCUT2D eigenvalue weighted by Crippen LogP contribution is 2.33. The van der Waals surface area contributed by atoms with Crippen LogP contribution >= 0.6 is 11.5 Å². The van der Waals surface area contributed by atoms with Gasteiger partial charge in [0.1, 0.15) is 16.7 Å². The first-order valence-electron chi connectivity index (χ1n) is 11.3. The summed E-state index contributed by atoms with van der Waals surface area (Å²) in [7, 11) is 0. The monoisotopic (exact) mass is 517 g/mol. The normalized spacial score (nSPS) is 11.5. The fourth-order valence-corrected chi connectivity index (χ4v) is 4.59. The third-order valence-corrected chi connectivity index (χ3v) is 6.51. The van der Waals surface area contributed by atoms with Crippen LogP contribution in [0.15, 0.2) is 78.9 Å². The van der Waals surface area contributed by atoms with Gasteiger partial charge in [-0.15, -0.1) is 0 Å². The van der Waals surface area contributed by atoms with Gasteiger partial charge < -0.3 is 16.8 Å². The van der Waals surface area contributed by atoms with Gasteiger partial charge in [0.05, 0.1) is 5.69 Å². The Morgan fingerprint density at radius 3 is 2.35 bits per heavy atom. The van der Waals surface area contributed by atoms with Gasteiger partial charge >= 0.3 is 0 Å². The minimum absolute atomic E-state index is 0.0433. The van der Waals surface area contributed by atoms with E-state index in [0.29, 0.717) is 11.3 Å². The molecule has 4 rings (SSSR count). The molecule has 188 valence electrons. The van der Waals surface area contributed by atoms with E-state index >= 15 is 0 Å². The molecule has 8 nitrogen and oxygen atoms in total. The van der Waals surface area contributed by atoms with Crippen molar-refractivity contribution < 1.29 is 18.8 Å². The molecule has 1 aromatic heterocycles. The highest BCUT2D eigenvalue weighted by molar-refractivity contribution is 7.09. The summed E-state index contributed by atoms with van der Waals surface area (Å²) in [6.07, 6.45) is 0. The topological polar surface area (TPSA) is 131 Å². The van der Waals surface area contributed by atoms with Crippen molar-refractivity contribution in [2.75, 3.05) is 10.6 Å².